The third-order valence-corrected chi connectivity index (χ3v) is 4.23. The Bertz CT molecular complexity index is 346. The number of rotatable bonds is 10. The maximum absolute atomic E-state index is 5.61. The molecule has 1 heterocycles. The van der Waals surface area contributed by atoms with E-state index < -0.39 is 0 Å². The van der Waals surface area contributed by atoms with Crippen molar-refractivity contribution in [2.75, 3.05) is 66.1 Å². The van der Waals surface area contributed by atoms with Crippen LogP contribution in [0.3, 0.4) is 0 Å². The second-order valence-corrected chi connectivity index (χ2v) is 7.16. The maximum atomic E-state index is 5.61. The van der Waals surface area contributed by atoms with Gasteiger partial charge in [0.25, 0.3) is 0 Å². The number of likely N-dealkylation sites (N-methyl/N-ethyl adjacent to an activating group) is 1. The van der Waals surface area contributed by atoms with Crippen LogP contribution in [0.1, 0.15) is 34.1 Å². The lowest BCUT2D eigenvalue weighted by Crippen LogP contribution is -2.49. The van der Waals surface area contributed by atoms with Gasteiger partial charge in [0.05, 0.1) is 6.54 Å². The Kier molecular flexibility index (Phi) is 14.9. The van der Waals surface area contributed by atoms with Crippen molar-refractivity contribution in [2.24, 2.45) is 10.9 Å². The van der Waals surface area contributed by atoms with E-state index in [1.54, 1.807) is 0 Å². The lowest BCUT2D eigenvalue weighted by molar-refractivity contribution is 0.108. The fourth-order valence-corrected chi connectivity index (χ4v) is 2.64. The molecule has 0 aromatic rings. The molecule has 0 aliphatic carbocycles. The van der Waals surface area contributed by atoms with E-state index in [4.69, 9.17) is 9.73 Å². The number of ether oxygens (including phenoxy) is 1. The quantitative estimate of drug-likeness (QED) is 0.222. The molecule has 25 heavy (non-hydrogen) atoms. The largest absolute Gasteiger partial charge is 0.381 e. The van der Waals surface area contributed by atoms with Crippen LogP contribution in [0.25, 0.3) is 0 Å². The minimum absolute atomic E-state index is 0. The summed E-state index contributed by atoms with van der Waals surface area (Å²) in [5, 5.41) is 6.73. The molecule has 1 aliphatic heterocycles. The van der Waals surface area contributed by atoms with Crippen LogP contribution in [0.5, 0.6) is 0 Å². The Morgan fingerprint density at radius 2 is 1.80 bits per heavy atom. The van der Waals surface area contributed by atoms with Gasteiger partial charge < -0.3 is 20.3 Å². The smallest absolute Gasteiger partial charge is 0.191 e. The van der Waals surface area contributed by atoms with Crippen LogP contribution in [-0.2, 0) is 4.74 Å². The van der Waals surface area contributed by atoms with E-state index in [1.807, 2.05) is 0 Å². The van der Waals surface area contributed by atoms with Gasteiger partial charge in [-0.25, -0.2) is 0 Å². The number of aliphatic imine (C=N–C) groups is 1. The number of hydrogen-bond acceptors (Lipinski definition) is 4. The van der Waals surface area contributed by atoms with Crippen LogP contribution in [0.15, 0.2) is 4.99 Å². The highest BCUT2D eigenvalue weighted by molar-refractivity contribution is 14.0. The molecule has 6 nitrogen and oxygen atoms in total. The highest BCUT2D eigenvalue weighted by Gasteiger charge is 2.18. The lowest BCUT2D eigenvalue weighted by Gasteiger charge is -2.35. The van der Waals surface area contributed by atoms with Crippen LogP contribution in [0, 0.1) is 5.92 Å². The number of halogens is 1. The summed E-state index contributed by atoms with van der Waals surface area (Å²) < 4.78 is 5.61. The molecule has 2 N–H and O–H groups in total. The third kappa shape index (κ3) is 12.0. The molecule has 0 bridgehead atoms. The van der Waals surface area contributed by atoms with Gasteiger partial charge in [-0.15, -0.1) is 24.0 Å². The molecule has 0 radical (unpaired) electrons. The Balaban J connectivity index is 0.00000576. The molecule has 0 spiro atoms. The van der Waals surface area contributed by atoms with Crippen molar-refractivity contribution in [3.8, 4) is 0 Å². The van der Waals surface area contributed by atoms with Crippen LogP contribution in [0.4, 0.5) is 0 Å². The fraction of sp³-hybridized carbons (Fsp3) is 0.944. The molecule has 1 atom stereocenters. The second-order valence-electron chi connectivity index (χ2n) is 7.16. The van der Waals surface area contributed by atoms with Crippen LogP contribution in [0.2, 0.25) is 0 Å². The highest BCUT2D eigenvalue weighted by Crippen LogP contribution is 2.05. The molecule has 1 rings (SSSR count). The van der Waals surface area contributed by atoms with Crippen molar-refractivity contribution >= 4 is 29.9 Å². The van der Waals surface area contributed by atoms with Gasteiger partial charge in [-0.05, 0) is 33.2 Å². The van der Waals surface area contributed by atoms with E-state index in [-0.39, 0.29) is 24.0 Å². The Hall–Kier alpha value is -0.120. The maximum Gasteiger partial charge on any atom is 0.191 e. The summed E-state index contributed by atoms with van der Waals surface area (Å²) in [5.41, 5.74) is 0. The standard InChI is InChI=1S/C18H39N5O.HI/c1-6-19-18(20-8-7-13-24-15-16(2)3)21-14-17(4)23-11-9-22(5)10-12-23;/h16-17H,6-15H2,1-5H3,(H2,19,20,21);1H. The van der Waals surface area contributed by atoms with Crippen molar-refractivity contribution in [1.82, 2.24) is 20.4 Å². The first-order valence-corrected chi connectivity index (χ1v) is 9.55. The number of hydrogen-bond donors (Lipinski definition) is 2. The van der Waals surface area contributed by atoms with Gasteiger partial charge in [0.1, 0.15) is 0 Å². The van der Waals surface area contributed by atoms with Crippen LogP contribution in [-0.4, -0.2) is 87.9 Å². The first-order chi connectivity index (χ1) is 11.5. The highest BCUT2D eigenvalue weighted by atomic mass is 127. The minimum atomic E-state index is 0. The average Bonchev–Trinajstić information content (AvgIpc) is 2.55. The molecule has 1 unspecified atom stereocenters. The summed E-state index contributed by atoms with van der Waals surface area (Å²) in [5.74, 6) is 1.52. The van der Waals surface area contributed by atoms with Crippen molar-refractivity contribution in [3.63, 3.8) is 0 Å². The van der Waals surface area contributed by atoms with E-state index in [2.05, 4.69) is 55.2 Å². The van der Waals surface area contributed by atoms with E-state index in [0.717, 1.165) is 71.4 Å². The van der Waals surface area contributed by atoms with Gasteiger partial charge in [-0.3, -0.25) is 9.89 Å². The van der Waals surface area contributed by atoms with Crippen molar-refractivity contribution < 1.29 is 4.74 Å². The predicted octanol–water partition coefficient (Wildman–Crippen LogP) is 1.86. The van der Waals surface area contributed by atoms with Gasteiger partial charge in [-0.2, -0.15) is 0 Å². The molecular weight excluding hydrogens is 429 g/mol. The van der Waals surface area contributed by atoms with Gasteiger partial charge in [0, 0.05) is 58.5 Å². The summed E-state index contributed by atoms with van der Waals surface area (Å²) in [6.07, 6.45) is 1.01. The first kappa shape index (κ1) is 24.9. The Labute approximate surface area is 172 Å². The first-order valence-electron chi connectivity index (χ1n) is 9.55. The van der Waals surface area contributed by atoms with Gasteiger partial charge in [0.15, 0.2) is 5.96 Å². The second kappa shape index (κ2) is 15.0. The van der Waals surface area contributed by atoms with Crippen molar-refractivity contribution in [3.05, 3.63) is 0 Å². The monoisotopic (exact) mass is 469 g/mol. The fourth-order valence-electron chi connectivity index (χ4n) is 2.64. The normalized spacial score (nSPS) is 18.1. The van der Waals surface area contributed by atoms with E-state index in [0.29, 0.717) is 12.0 Å². The summed E-state index contributed by atoms with van der Waals surface area (Å²) in [4.78, 5) is 9.67. The molecular formula is C18H40IN5O. The van der Waals surface area contributed by atoms with Gasteiger partial charge in [-0.1, -0.05) is 13.8 Å². The molecule has 1 aliphatic rings. The summed E-state index contributed by atoms with van der Waals surface area (Å²) in [6, 6.07) is 0.489. The molecule has 7 heteroatoms. The molecule has 1 saturated heterocycles. The number of nitrogens with zero attached hydrogens (tertiary/aromatic N) is 3. The minimum Gasteiger partial charge on any atom is -0.381 e. The predicted molar refractivity (Wildman–Crippen MR) is 118 cm³/mol. The number of guanidine groups is 1. The van der Waals surface area contributed by atoms with Crippen LogP contribution >= 0.6 is 24.0 Å². The molecule has 150 valence electrons. The summed E-state index contributed by atoms with van der Waals surface area (Å²) in [6.45, 7) is 17.6. The topological polar surface area (TPSA) is 52.1 Å². The number of nitrogens with one attached hydrogen (secondary N) is 2. The van der Waals surface area contributed by atoms with E-state index in [9.17, 15) is 0 Å². The zero-order valence-corrected chi connectivity index (χ0v) is 19.2. The number of piperazine rings is 1. The van der Waals surface area contributed by atoms with Crippen molar-refractivity contribution in [2.45, 2.75) is 40.2 Å². The van der Waals surface area contributed by atoms with Gasteiger partial charge in [0.2, 0.25) is 0 Å². The van der Waals surface area contributed by atoms with Crippen LogP contribution < -0.4 is 10.6 Å². The molecule has 0 saturated carbocycles. The zero-order chi connectivity index (χ0) is 17.8. The molecule has 0 aromatic carbocycles. The SMILES string of the molecule is CCNC(=NCC(C)N1CCN(C)CC1)NCCCOCC(C)C.I. The molecule has 1 fully saturated rings. The van der Waals surface area contributed by atoms with Gasteiger partial charge >= 0.3 is 0 Å². The Morgan fingerprint density at radius 3 is 2.40 bits per heavy atom. The molecule has 0 aromatic heterocycles. The Morgan fingerprint density at radius 1 is 1.12 bits per heavy atom. The zero-order valence-electron chi connectivity index (χ0n) is 16.9. The summed E-state index contributed by atoms with van der Waals surface area (Å²) >= 11 is 0. The van der Waals surface area contributed by atoms with E-state index in [1.165, 1.54) is 0 Å². The van der Waals surface area contributed by atoms with Crippen molar-refractivity contribution in [1.29, 1.82) is 0 Å². The van der Waals surface area contributed by atoms with E-state index >= 15 is 0 Å². The lowest BCUT2D eigenvalue weighted by atomic mass is 10.2. The average molecular weight is 469 g/mol. The third-order valence-electron chi connectivity index (χ3n) is 4.23. The summed E-state index contributed by atoms with van der Waals surface area (Å²) in [7, 11) is 2.19. The molecule has 0 amide bonds.